The Morgan fingerprint density at radius 1 is 0.781 bits per heavy atom. The van der Waals surface area contributed by atoms with Crippen LogP contribution in [-0.4, -0.2) is 16.4 Å². The van der Waals surface area contributed by atoms with E-state index in [2.05, 4.69) is 65.0 Å². The Morgan fingerprint density at radius 2 is 1.38 bits per heavy atom. The van der Waals surface area contributed by atoms with E-state index in [1.807, 2.05) is 48.5 Å². The van der Waals surface area contributed by atoms with Gasteiger partial charge in [0.2, 0.25) is 0 Å². The molecule has 32 heavy (non-hydrogen) atoms. The van der Waals surface area contributed by atoms with Crippen LogP contribution in [-0.2, 0) is 15.4 Å². The lowest BCUT2D eigenvalue weighted by Crippen LogP contribution is -2.25. The number of hydrogen-bond acceptors (Lipinski definition) is 4. The largest absolute Gasteiger partial charge is 0.491 e. The highest BCUT2D eigenvalue weighted by Gasteiger charge is 2.31. The standard InChI is InChI=1S/C27H33O4P/c1-26(2,3)21-16-17-24(27(4,5)20-12-8-6-9-13-20)23(18-21)25(31-32(28)29)19-30-22-14-10-7-11-15-22/h6-18,25,28-29H,19H2,1-5H3. The van der Waals surface area contributed by atoms with Crippen molar-refractivity contribution < 1.29 is 19.0 Å². The molecule has 0 saturated carbocycles. The van der Waals surface area contributed by atoms with E-state index in [4.69, 9.17) is 9.26 Å². The smallest absolute Gasteiger partial charge is 0.327 e. The highest BCUT2D eigenvalue weighted by molar-refractivity contribution is 7.39. The first-order valence-corrected chi connectivity index (χ1v) is 12.0. The van der Waals surface area contributed by atoms with Crippen molar-refractivity contribution in [2.45, 2.75) is 51.6 Å². The van der Waals surface area contributed by atoms with Gasteiger partial charge in [-0.25, -0.2) is 0 Å². The van der Waals surface area contributed by atoms with Crippen LogP contribution in [0.4, 0.5) is 0 Å². The van der Waals surface area contributed by atoms with Gasteiger partial charge < -0.3 is 19.0 Å². The Morgan fingerprint density at radius 3 is 1.94 bits per heavy atom. The van der Waals surface area contributed by atoms with E-state index in [9.17, 15) is 9.79 Å². The number of hydrogen-bond donors (Lipinski definition) is 2. The van der Waals surface area contributed by atoms with E-state index in [-0.39, 0.29) is 17.4 Å². The zero-order chi connectivity index (χ0) is 23.4. The molecule has 0 aliphatic carbocycles. The van der Waals surface area contributed by atoms with Crippen LogP contribution in [0.1, 0.15) is 63.0 Å². The Hall–Kier alpha value is -2.23. The lowest BCUT2D eigenvalue weighted by atomic mass is 9.73. The Labute approximate surface area is 192 Å². The summed E-state index contributed by atoms with van der Waals surface area (Å²) in [4.78, 5) is 19.5. The van der Waals surface area contributed by atoms with Gasteiger partial charge in [-0.15, -0.1) is 0 Å². The van der Waals surface area contributed by atoms with Crippen LogP contribution < -0.4 is 4.74 Å². The minimum Gasteiger partial charge on any atom is -0.491 e. The van der Waals surface area contributed by atoms with Crippen molar-refractivity contribution in [1.29, 1.82) is 0 Å². The van der Waals surface area contributed by atoms with Crippen LogP contribution in [0.2, 0.25) is 0 Å². The van der Waals surface area contributed by atoms with E-state index < -0.39 is 14.7 Å². The summed E-state index contributed by atoms with van der Waals surface area (Å²) in [6, 6.07) is 26.2. The molecule has 0 saturated heterocycles. The Balaban J connectivity index is 2.09. The van der Waals surface area contributed by atoms with Gasteiger partial charge in [-0.1, -0.05) is 101 Å². The van der Waals surface area contributed by atoms with Gasteiger partial charge in [0.25, 0.3) is 0 Å². The van der Waals surface area contributed by atoms with Crippen molar-refractivity contribution in [2.75, 3.05) is 6.61 Å². The molecule has 0 amide bonds. The van der Waals surface area contributed by atoms with Crippen LogP contribution in [0, 0.1) is 0 Å². The summed E-state index contributed by atoms with van der Waals surface area (Å²) in [5, 5.41) is 0. The maximum absolute atomic E-state index is 9.76. The summed E-state index contributed by atoms with van der Waals surface area (Å²) < 4.78 is 11.6. The van der Waals surface area contributed by atoms with Crippen LogP contribution in [0.25, 0.3) is 0 Å². The summed E-state index contributed by atoms with van der Waals surface area (Å²) in [5.41, 5.74) is 3.89. The fourth-order valence-corrected chi connectivity index (χ4v) is 4.26. The molecule has 3 aromatic rings. The van der Waals surface area contributed by atoms with Crippen molar-refractivity contribution in [3.8, 4) is 5.75 Å². The fraction of sp³-hybridized carbons (Fsp3) is 0.333. The molecule has 5 heteroatoms. The maximum atomic E-state index is 9.76. The molecule has 170 valence electrons. The third kappa shape index (κ3) is 5.96. The first-order valence-electron chi connectivity index (χ1n) is 10.8. The summed E-state index contributed by atoms with van der Waals surface area (Å²) in [5.74, 6) is 0.706. The molecule has 0 heterocycles. The highest BCUT2D eigenvalue weighted by atomic mass is 31.2. The first-order chi connectivity index (χ1) is 15.1. The average molecular weight is 453 g/mol. The average Bonchev–Trinajstić information content (AvgIpc) is 2.76. The quantitative estimate of drug-likeness (QED) is 0.375. The molecule has 0 bridgehead atoms. The predicted molar refractivity (Wildman–Crippen MR) is 131 cm³/mol. The molecule has 0 aromatic heterocycles. The summed E-state index contributed by atoms with van der Waals surface area (Å²) in [7, 11) is -2.56. The first kappa shape index (κ1) is 24.4. The second kappa shape index (κ2) is 10.1. The van der Waals surface area contributed by atoms with Gasteiger partial charge in [-0.2, -0.15) is 0 Å². The zero-order valence-electron chi connectivity index (χ0n) is 19.4. The van der Waals surface area contributed by atoms with Gasteiger partial charge >= 0.3 is 8.60 Å². The normalized spacial score (nSPS) is 13.2. The molecule has 0 aliphatic rings. The SMILES string of the molecule is CC(C)(C)c1ccc(C(C)(C)c2ccccc2)c(C(COc2ccccc2)OP(O)O)c1. The third-order valence-electron chi connectivity index (χ3n) is 5.80. The van der Waals surface area contributed by atoms with Gasteiger partial charge in [0, 0.05) is 5.41 Å². The molecule has 3 rings (SSSR count). The van der Waals surface area contributed by atoms with Crippen LogP contribution in [0.15, 0.2) is 78.9 Å². The van der Waals surface area contributed by atoms with Gasteiger partial charge in [-0.05, 0) is 39.8 Å². The summed E-state index contributed by atoms with van der Waals surface area (Å²) in [6.07, 6.45) is -0.642. The number of ether oxygens (including phenoxy) is 1. The molecular formula is C27H33O4P. The summed E-state index contributed by atoms with van der Waals surface area (Å²) in [6.45, 7) is 11.0. The fourth-order valence-electron chi connectivity index (χ4n) is 3.85. The molecule has 1 unspecified atom stereocenters. The topological polar surface area (TPSA) is 58.9 Å². The van der Waals surface area contributed by atoms with Crippen molar-refractivity contribution in [3.63, 3.8) is 0 Å². The monoisotopic (exact) mass is 452 g/mol. The van der Waals surface area contributed by atoms with Crippen LogP contribution in [0.3, 0.4) is 0 Å². The molecular weight excluding hydrogens is 419 g/mol. The molecule has 0 fully saturated rings. The lowest BCUT2D eigenvalue weighted by molar-refractivity contribution is 0.112. The molecule has 0 radical (unpaired) electrons. The van der Waals surface area contributed by atoms with Gasteiger partial charge in [0.15, 0.2) is 0 Å². The second-order valence-corrected chi connectivity index (χ2v) is 10.2. The Kier molecular flexibility index (Phi) is 7.74. The molecule has 4 nitrogen and oxygen atoms in total. The minimum atomic E-state index is -2.56. The van der Waals surface area contributed by atoms with Crippen molar-refractivity contribution in [1.82, 2.24) is 0 Å². The second-order valence-electron chi connectivity index (χ2n) is 9.51. The van der Waals surface area contributed by atoms with E-state index in [0.717, 1.165) is 16.7 Å². The van der Waals surface area contributed by atoms with Crippen LogP contribution in [0.5, 0.6) is 5.75 Å². The van der Waals surface area contributed by atoms with Crippen LogP contribution >= 0.6 is 8.60 Å². The maximum Gasteiger partial charge on any atom is 0.327 e. The third-order valence-corrected chi connectivity index (χ3v) is 6.24. The number of benzene rings is 3. The molecule has 0 aliphatic heterocycles. The van der Waals surface area contributed by atoms with E-state index in [1.54, 1.807) is 0 Å². The van der Waals surface area contributed by atoms with Crippen molar-refractivity contribution in [3.05, 3.63) is 101 Å². The van der Waals surface area contributed by atoms with Gasteiger partial charge in [0.05, 0.1) is 0 Å². The van der Waals surface area contributed by atoms with Crippen molar-refractivity contribution >= 4 is 8.60 Å². The minimum absolute atomic E-state index is 0.0713. The number of para-hydroxylation sites is 1. The van der Waals surface area contributed by atoms with E-state index in [1.165, 1.54) is 5.56 Å². The van der Waals surface area contributed by atoms with Gasteiger partial charge in [0.1, 0.15) is 18.5 Å². The zero-order valence-corrected chi connectivity index (χ0v) is 20.3. The Bertz CT molecular complexity index is 995. The molecule has 3 aromatic carbocycles. The summed E-state index contributed by atoms with van der Waals surface area (Å²) >= 11 is 0. The molecule has 0 spiro atoms. The molecule has 1 atom stereocenters. The highest BCUT2D eigenvalue weighted by Crippen LogP contribution is 2.42. The van der Waals surface area contributed by atoms with E-state index >= 15 is 0 Å². The predicted octanol–water partition coefficient (Wildman–Crippen LogP) is 6.66. The van der Waals surface area contributed by atoms with Gasteiger partial charge in [-0.3, -0.25) is 0 Å². The lowest BCUT2D eigenvalue weighted by Gasteiger charge is -2.33. The van der Waals surface area contributed by atoms with Crippen molar-refractivity contribution in [2.24, 2.45) is 0 Å². The van der Waals surface area contributed by atoms with E-state index in [0.29, 0.717) is 5.75 Å². The molecule has 2 N–H and O–H groups in total. The number of rotatable bonds is 8.